The second-order valence-electron chi connectivity index (χ2n) is 15.2. The largest absolute Gasteiger partial charge is 0.435 e. The van der Waals surface area contributed by atoms with E-state index in [1.807, 2.05) is 61.2 Å². The molecule has 0 aliphatic carbocycles. The maximum absolute atomic E-state index is 15.0. The monoisotopic (exact) mass is 706 g/mol. The fourth-order valence-corrected chi connectivity index (χ4v) is 8.99. The fraction of sp³-hybridized carbons (Fsp3) is 0.293. The van der Waals surface area contributed by atoms with Crippen molar-refractivity contribution in [2.24, 2.45) is 0 Å². The van der Waals surface area contributed by atoms with Crippen LogP contribution in [0, 0.1) is 27.7 Å². The summed E-state index contributed by atoms with van der Waals surface area (Å²) in [5, 5.41) is 0. The minimum Gasteiger partial charge on any atom is -0.435 e. The summed E-state index contributed by atoms with van der Waals surface area (Å²) in [7, 11) is -2.79. The van der Waals surface area contributed by atoms with Crippen molar-refractivity contribution >= 4 is 22.7 Å². The molecular weight excluding hydrogens is 658 g/mol. The molecule has 0 aliphatic rings. The highest BCUT2D eigenvalue weighted by Crippen LogP contribution is 2.47. The van der Waals surface area contributed by atoms with Crippen LogP contribution in [0.25, 0.3) is 0 Å². The van der Waals surface area contributed by atoms with Gasteiger partial charge in [0.15, 0.2) is 0 Å². The Balaban J connectivity index is 1.49. The molecule has 0 aliphatic heterocycles. The van der Waals surface area contributed by atoms with E-state index in [1.54, 1.807) is 0 Å². The predicted octanol–water partition coefficient (Wildman–Crippen LogP) is 11.4. The van der Waals surface area contributed by atoms with Gasteiger partial charge in [0.2, 0.25) is 5.78 Å². The van der Waals surface area contributed by atoms with E-state index in [4.69, 9.17) is 9.05 Å². The van der Waals surface area contributed by atoms with Crippen LogP contribution in [0.15, 0.2) is 110 Å². The molecule has 7 nitrogen and oxygen atoms in total. The Morgan fingerprint density at radius 3 is 1.04 bits per heavy atom. The molecule has 0 N–H and O–H groups in total. The second-order valence-corrected chi connectivity index (χ2v) is 18.4. The van der Waals surface area contributed by atoms with Crippen molar-refractivity contribution in [1.29, 1.82) is 0 Å². The van der Waals surface area contributed by atoms with Gasteiger partial charge < -0.3 is 9.05 Å². The Kier molecular flexibility index (Phi) is 9.79. The van der Waals surface area contributed by atoms with E-state index in [-0.39, 0.29) is 16.6 Å². The second kappa shape index (κ2) is 13.8. The SMILES string of the molecule is Cc1ccn(P(Oc2cc(C(C)(C)C)ccc2C(=O)c2ccc(C(C)(C)C)cc2OP(n2ccc(C)c2)n2ccc(C)c2)n2ccc(C)c2)c1. The van der Waals surface area contributed by atoms with Gasteiger partial charge in [-0.3, -0.25) is 22.1 Å². The minimum atomic E-state index is -1.40. The molecule has 2 aromatic carbocycles. The number of aromatic nitrogens is 4. The van der Waals surface area contributed by atoms with Crippen molar-refractivity contribution in [2.45, 2.75) is 80.1 Å². The summed E-state index contributed by atoms with van der Waals surface area (Å²) < 4.78 is 22.4. The van der Waals surface area contributed by atoms with Crippen LogP contribution in [0.1, 0.15) is 90.8 Å². The van der Waals surface area contributed by atoms with E-state index in [0.717, 1.165) is 33.4 Å². The number of aryl methyl sites for hydroxylation is 4. The average molecular weight is 707 g/mol. The number of ketones is 1. The maximum atomic E-state index is 15.0. The predicted molar refractivity (Wildman–Crippen MR) is 207 cm³/mol. The molecule has 0 saturated carbocycles. The van der Waals surface area contributed by atoms with Crippen molar-refractivity contribution in [1.82, 2.24) is 17.4 Å². The zero-order chi connectivity index (χ0) is 36.0. The maximum Gasteiger partial charge on any atom is 0.317 e. The molecule has 0 bridgehead atoms. The summed E-state index contributed by atoms with van der Waals surface area (Å²) in [5.41, 5.74) is 7.39. The van der Waals surface area contributed by atoms with Gasteiger partial charge in [0, 0.05) is 49.6 Å². The van der Waals surface area contributed by atoms with Gasteiger partial charge in [-0.05, 0) is 120 Å². The summed E-state index contributed by atoms with van der Waals surface area (Å²) in [4.78, 5) is 15.0. The zero-order valence-corrected chi connectivity index (χ0v) is 32.6. The molecule has 50 heavy (non-hydrogen) atoms. The molecule has 4 heterocycles. The Morgan fingerprint density at radius 1 is 0.500 bits per heavy atom. The van der Waals surface area contributed by atoms with Crippen molar-refractivity contribution in [3.05, 3.63) is 155 Å². The first-order chi connectivity index (χ1) is 23.6. The van der Waals surface area contributed by atoms with Gasteiger partial charge in [0.05, 0.1) is 11.1 Å². The lowest BCUT2D eigenvalue weighted by atomic mass is 9.84. The molecule has 0 amide bonds. The summed E-state index contributed by atoms with van der Waals surface area (Å²) >= 11 is 0. The van der Waals surface area contributed by atoms with E-state index < -0.39 is 16.9 Å². The number of benzene rings is 2. The van der Waals surface area contributed by atoms with Crippen molar-refractivity contribution in [2.75, 3.05) is 0 Å². The highest BCUT2D eigenvalue weighted by atomic mass is 31.2. The molecule has 260 valence electrons. The van der Waals surface area contributed by atoms with Gasteiger partial charge in [-0.15, -0.1) is 0 Å². The molecule has 4 aromatic heterocycles. The fourth-order valence-electron chi connectivity index (χ4n) is 5.63. The molecule has 6 aromatic rings. The first-order valence-electron chi connectivity index (χ1n) is 17.0. The lowest BCUT2D eigenvalue weighted by Crippen LogP contribution is -2.15. The van der Waals surface area contributed by atoms with Crippen molar-refractivity contribution < 1.29 is 13.8 Å². The quantitative estimate of drug-likeness (QED) is 0.105. The van der Waals surface area contributed by atoms with Gasteiger partial charge in [-0.1, -0.05) is 53.7 Å². The summed E-state index contributed by atoms with van der Waals surface area (Å²) in [6, 6.07) is 20.3. The standard InChI is InChI=1S/C41H48N4O3P2/c1-29-15-19-42(25-29)49(43-20-16-30(2)26-43)47-37-23-33(40(5,6)7)11-13-35(37)39(46)36-14-12-34(41(8,9)10)24-38(36)48-50(44-21-17-31(3)27-44)45-22-18-32(4)28-45/h11-28H,1-10H3. The number of carbonyl (C=O) groups excluding carboxylic acids is 1. The van der Waals surface area contributed by atoms with E-state index in [2.05, 4.69) is 136 Å². The summed E-state index contributed by atoms with van der Waals surface area (Å²) in [6.45, 7) is 21.3. The van der Waals surface area contributed by atoms with Crippen molar-refractivity contribution in [3.8, 4) is 11.5 Å². The van der Waals surface area contributed by atoms with Gasteiger partial charge in [-0.2, -0.15) is 0 Å². The average Bonchev–Trinajstić information content (AvgIpc) is 3.87. The smallest absolute Gasteiger partial charge is 0.317 e. The Labute approximate surface area is 299 Å². The Morgan fingerprint density at radius 2 is 0.800 bits per heavy atom. The van der Waals surface area contributed by atoms with Crippen LogP contribution in [0.3, 0.4) is 0 Å². The number of rotatable bonds is 10. The van der Waals surface area contributed by atoms with Gasteiger partial charge >= 0.3 is 16.9 Å². The third-order valence-electron chi connectivity index (χ3n) is 8.64. The van der Waals surface area contributed by atoms with Crippen LogP contribution in [0.4, 0.5) is 0 Å². The lowest BCUT2D eigenvalue weighted by molar-refractivity contribution is 0.103. The van der Waals surface area contributed by atoms with E-state index in [1.165, 1.54) is 0 Å². The molecule has 0 fully saturated rings. The van der Waals surface area contributed by atoms with E-state index in [0.29, 0.717) is 22.6 Å². The van der Waals surface area contributed by atoms with Crippen LogP contribution in [0.5, 0.6) is 11.5 Å². The van der Waals surface area contributed by atoms with Gasteiger partial charge in [-0.25, -0.2) is 0 Å². The van der Waals surface area contributed by atoms with Crippen molar-refractivity contribution in [3.63, 3.8) is 0 Å². The highest BCUT2D eigenvalue weighted by molar-refractivity contribution is 7.50. The Bertz CT molecular complexity index is 1910. The third kappa shape index (κ3) is 7.70. The van der Waals surface area contributed by atoms with Crippen LogP contribution < -0.4 is 9.05 Å². The minimum absolute atomic E-state index is 0.152. The van der Waals surface area contributed by atoms with E-state index >= 15 is 0 Å². The topological polar surface area (TPSA) is 55.2 Å². The number of nitrogens with zero attached hydrogens (tertiary/aromatic N) is 4. The molecule has 0 saturated heterocycles. The first kappa shape index (κ1) is 35.5. The molecule has 9 heteroatoms. The van der Waals surface area contributed by atoms with Crippen LogP contribution in [-0.4, -0.2) is 23.1 Å². The summed E-state index contributed by atoms with van der Waals surface area (Å²) in [5.74, 6) is 0.934. The van der Waals surface area contributed by atoms with Gasteiger partial charge in [0.25, 0.3) is 0 Å². The molecule has 6 rings (SSSR count). The normalized spacial score (nSPS) is 12.2. The first-order valence-corrected chi connectivity index (χ1v) is 19.3. The molecule has 0 spiro atoms. The van der Waals surface area contributed by atoms with Gasteiger partial charge in [0.1, 0.15) is 11.5 Å². The number of hydrogen-bond donors (Lipinski definition) is 0. The van der Waals surface area contributed by atoms with Crippen LogP contribution in [-0.2, 0) is 10.8 Å². The molecule has 0 radical (unpaired) electrons. The molecular formula is C41H48N4O3P2. The van der Waals surface area contributed by atoms with Crippen LogP contribution in [0.2, 0.25) is 0 Å². The number of hydrogen-bond acceptors (Lipinski definition) is 3. The highest BCUT2D eigenvalue weighted by Gasteiger charge is 2.29. The zero-order valence-electron chi connectivity index (χ0n) is 30.8. The molecule has 0 unspecified atom stereocenters. The third-order valence-corrected chi connectivity index (χ3v) is 11.9. The summed E-state index contributed by atoms with van der Waals surface area (Å²) in [6.07, 6.45) is 16.5. The molecule has 0 atom stereocenters. The Hall–Kier alpha value is -4.31. The van der Waals surface area contributed by atoms with E-state index in [9.17, 15) is 4.79 Å². The van der Waals surface area contributed by atoms with Crippen LogP contribution >= 0.6 is 16.9 Å². The number of carbonyl (C=O) groups is 1. The lowest BCUT2D eigenvalue weighted by Gasteiger charge is -2.26.